The van der Waals surface area contributed by atoms with E-state index < -0.39 is 0 Å². The molecule has 0 spiro atoms. The van der Waals surface area contributed by atoms with Gasteiger partial charge in [0, 0.05) is 11.1 Å². The van der Waals surface area contributed by atoms with Crippen LogP contribution in [-0.4, -0.2) is 11.5 Å². The highest BCUT2D eigenvalue weighted by molar-refractivity contribution is 6.54. The average molecular weight is 320 g/mol. The molecular formula is C20H14ClNO. The summed E-state index contributed by atoms with van der Waals surface area (Å²) in [4.78, 5) is 17.5. The van der Waals surface area contributed by atoms with E-state index in [9.17, 15) is 4.79 Å². The molecule has 0 aliphatic heterocycles. The Bertz CT molecular complexity index is 842. The average Bonchev–Trinajstić information content (AvgIpc) is 2.61. The summed E-state index contributed by atoms with van der Waals surface area (Å²) in [5, 5.41) is 0.425. The molecule has 0 saturated carbocycles. The van der Waals surface area contributed by atoms with Crippen molar-refractivity contribution in [1.29, 1.82) is 0 Å². The first-order valence-electron chi connectivity index (χ1n) is 7.24. The Labute approximate surface area is 140 Å². The van der Waals surface area contributed by atoms with Gasteiger partial charge < -0.3 is 0 Å². The molecule has 0 aliphatic carbocycles. The van der Waals surface area contributed by atoms with E-state index in [0.29, 0.717) is 16.3 Å². The monoisotopic (exact) mass is 319 g/mol. The molecule has 0 heterocycles. The molecule has 0 N–H and O–H groups in total. The summed E-state index contributed by atoms with van der Waals surface area (Å²) < 4.78 is 0. The fourth-order valence-electron chi connectivity index (χ4n) is 2.25. The lowest BCUT2D eigenvalue weighted by atomic mass is 10.0. The van der Waals surface area contributed by atoms with Gasteiger partial charge in [-0.05, 0) is 24.3 Å². The number of hydrogen-bond donors (Lipinski definition) is 0. The highest BCUT2D eigenvalue weighted by Gasteiger charge is 2.18. The van der Waals surface area contributed by atoms with Gasteiger partial charge in [-0.25, -0.2) is 4.99 Å². The number of rotatable bonds is 4. The molecule has 3 heteroatoms. The fraction of sp³-hybridized carbons (Fsp3) is 0. The molecule has 0 bridgehead atoms. The minimum atomic E-state index is -0.189. The van der Waals surface area contributed by atoms with Crippen LogP contribution in [0.15, 0.2) is 89.9 Å². The largest absolute Gasteiger partial charge is 0.287 e. The van der Waals surface area contributed by atoms with Gasteiger partial charge in [-0.2, -0.15) is 0 Å². The van der Waals surface area contributed by atoms with Crippen LogP contribution in [0, 0.1) is 0 Å². The smallest absolute Gasteiger partial charge is 0.213 e. The molecule has 0 fully saturated rings. The van der Waals surface area contributed by atoms with E-state index in [-0.39, 0.29) is 5.78 Å². The lowest BCUT2D eigenvalue weighted by Gasteiger charge is -2.08. The Kier molecular flexibility index (Phi) is 4.65. The van der Waals surface area contributed by atoms with Crippen molar-refractivity contribution in [1.82, 2.24) is 0 Å². The fourth-order valence-corrected chi connectivity index (χ4v) is 2.47. The second-order valence-electron chi connectivity index (χ2n) is 4.97. The number of nitrogens with zero attached hydrogens (tertiary/aromatic N) is 1. The highest BCUT2D eigenvalue weighted by atomic mass is 35.5. The zero-order chi connectivity index (χ0) is 16.1. The second-order valence-corrected chi connectivity index (χ2v) is 5.38. The Hall–Kier alpha value is -2.71. The number of para-hydroxylation sites is 1. The number of halogens is 1. The number of carbonyl (C=O) groups is 1. The van der Waals surface area contributed by atoms with Crippen molar-refractivity contribution >= 4 is 28.8 Å². The van der Waals surface area contributed by atoms with Crippen LogP contribution >= 0.6 is 11.6 Å². The third-order valence-corrected chi connectivity index (χ3v) is 3.71. The standard InChI is InChI=1S/C20H14ClNO/c21-18-14-8-7-13-17(18)20(23)19(15-9-3-1-4-10-15)22-16-11-5-2-6-12-16/h1-14H. The molecular weight excluding hydrogens is 306 g/mol. The van der Waals surface area contributed by atoms with Gasteiger partial charge in [0.1, 0.15) is 5.71 Å². The SMILES string of the molecule is O=C(C(=Nc1ccccc1)c1ccccc1)c1ccccc1Cl. The van der Waals surface area contributed by atoms with Crippen molar-refractivity contribution in [3.05, 3.63) is 101 Å². The van der Waals surface area contributed by atoms with E-state index >= 15 is 0 Å². The molecule has 0 unspecified atom stereocenters. The first-order valence-corrected chi connectivity index (χ1v) is 7.62. The van der Waals surface area contributed by atoms with E-state index in [4.69, 9.17) is 11.6 Å². The molecule has 0 amide bonds. The van der Waals surface area contributed by atoms with Crippen LogP contribution in [0.1, 0.15) is 15.9 Å². The van der Waals surface area contributed by atoms with Gasteiger partial charge in [0.2, 0.25) is 5.78 Å². The lowest BCUT2D eigenvalue weighted by Crippen LogP contribution is -2.16. The van der Waals surface area contributed by atoms with Gasteiger partial charge in [0.05, 0.1) is 10.7 Å². The third kappa shape index (κ3) is 3.55. The molecule has 3 aromatic carbocycles. The summed E-state index contributed by atoms with van der Waals surface area (Å²) in [6.07, 6.45) is 0. The van der Waals surface area contributed by atoms with Gasteiger partial charge in [-0.1, -0.05) is 72.3 Å². The zero-order valence-electron chi connectivity index (χ0n) is 12.3. The van der Waals surface area contributed by atoms with Crippen molar-refractivity contribution in [2.75, 3.05) is 0 Å². The summed E-state index contributed by atoms with van der Waals surface area (Å²) >= 11 is 6.18. The molecule has 112 valence electrons. The van der Waals surface area contributed by atoms with Gasteiger partial charge >= 0.3 is 0 Å². The summed E-state index contributed by atoms with van der Waals surface area (Å²) in [5.41, 5.74) is 2.32. The van der Waals surface area contributed by atoms with Crippen molar-refractivity contribution < 1.29 is 4.79 Å². The topological polar surface area (TPSA) is 29.4 Å². The van der Waals surface area contributed by atoms with E-state index in [1.165, 1.54) is 0 Å². The van der Waals surface area contributed by atoms with Crippen LogP contribution in [0.5, 0.6) is 0 Å². The second kappa shape index (κ2) is 7.03. The maximum Gasteiger partial charge on any atom is 0.213 e. The van der Waals surface area contributed by atoms with Crippen LogP contribution in [-0.2, 0) is 0 Å². The molecule has 0 radical (unpaired) electrons. The molecule has 3 aromatic rings. The number of ketones is 1. The number of benzene rings is 3. The molecule has 0 aliphatic rings. The number of aliphatic imine (C=N–C) groups is 1. The molecule has 2 nitrogen and oxygen atoms in total. The van der Waals surface area contributed by atoms with Crippen LogP contribution in [0.3, 0.4) is 0 Å². The molecule has 3 rings (SSSR count). The van der Waals surface area contributed by atoms with E-state index in [1.54, 1.807) is 24.3 Å². The zero-order valence-corrected chi connectivity index (χ0v) is 13.1. The normalized spacial score (nSPS) is 11.3. The van der Waals surface area contributed by atoms with Gasteiger partial charge in [0.25, 0.3) is 0 Å². The predicted molar refractivity (Wildman–Crippen MR) is 94.9 cm³/mol. The summed E-state index contributed by atoms with van der Waals surface area (Å²) in [5.74, 6) is -0.189. The van der Waals surface area contributed by atoms with Gasteiger partial charge in [-0.3, -0.25) is 4.79 Å². The first kappa shape index (κ1) is 15.2. The van der Waals surface area contributed by atoms with Crippen molar-refractivity contribution in [2.24, 2.45) is 4.99 Å². The van der Waals surface area contributed by atoms with Crippen molar-refractivity contribution in [3.63, 3.8) is 0 Å². The Morgan fingerprint density at radius 3 is 1.96 bits per heavy atom. The van der Waals surface area contributed by atoms with E-state index in [0.717, 1.165) is 11.3 Å². The molecule has 0 atom stereocenters. The van der Waals surface area contributed by atoms with Crippen LogP contribution < -0.4 is 0 Å². The van der Waals surface area contributed by atoms with Crippen LogP contribution in [0.4, 0.5) is 5.69 Å². The first-order chi connectivity index (χ1) is 11.3. The number of carbonyl (C=O) groups excluding carboxylic acids is 1. The number of hydrogen-bond acceptors (Lipinski definition) is 2. The summed E-state index contributed by atoms with van der Waals surface area (Å²) in [6.45, 7) is 0. The quantitative estimate of drug-likeness (QED) is 0.471. The van der Waals surface area contributed by atoms with Gasteiger partial charge in [-0.15, -0.1) is 0 Å². The third-order valence-electron chi connectivity index (χ3n) is 3.38. The highest BCUT2D eigenvalue weighted by Crippen LogP contribution is 2.20. The number of Topliss-reactive ketones (excluding diaryl/α,β-unsaturated/α-hetero) is 1. The Morgan fingerprint density at radius 1 is 0.739 bits per heavy atom. The minimum Gasteiger partial charge on any atom is -0.287 e. The maximum absolute atomic E-state index is 13.0. The van der Waals surface area contributed by atoms with E-state index in [1.807, 2.05) is 60.7 Å². The van der Waals surface area contributed by atoms with Crippen molar-refractivity contribution in [3.8, 4) is 0 Å². The predicted octanol–water partition coefficient (Wildman–Crippen LogP) is 5.34. The van der Waals surface area contributed by atoms with Crippen LogP contribution in [0.2, 0.25) is 5.02 Å². The van der Waals surface area contributed by atoms with Gasteiger partial charge in [0.15, 0.2) is 0 Å². The lowest BCUT2D eigenvalue weighted by molar-refractivity contribution is 0.106. The van der Waals surface area contributed by atoms with Crippen LogP contribution in [0.25, 0.3) is 0 Å². The maximum atomic E-state index is 13.0. The minimum absolute atomic E-state index is 0.189. The molecule has 23 heavy (non-hydrogen) atoms. The van der Waals surface area contributed by atoms with Crippen molar-refractivity contribution in [2.45, 2.75) is 0 Å². The van der Waals surface area contributed by atoms with E-state index in [2.05, 4.69) is 4.99 Å². The summed E-state index contributed by atoms with van der Waals surface area (Å²) in [6, 6.07) is 25.9. The molecule has 0 aromatic heterocycles. The summed E-state index contributed by atoms with van der Waals surface area (Å²) in [7, 11) is 0. The molecule has 0 saturated heterocycles. The Balaban J connectivity index is 2.11. The Morgan fingerprint density at radius 2 is 1.30 bits per heavy atom.